The maximum Gasteiger partial charge on any atom is 0.228 e. The van der Waals surface area contributed by atoms with E-state index in [1.165, 1.54) is 18.4 Å². The maximum atomic E-state index is 14.2. The van der Waals surface area contributed by atoms with E-state index in [0.29, 0.717) is 23.7 Å². The lowest BCUT2D eigenvalue weighted by Crippen LogP contribution is -2.64. The molecule has 2 N–H and O–H groups in total. The van der Waals surface area contributed by atoms with Crippen molar-refractivity contribution in [2.75, 3.05) is 20.1 Å². The molecule has 3 atom stereocenters. The van der Waals surface area contributed by atoms with Crippen molar-refractivity contribution >= 4 is 12.1 Å². The molecule has 1 aliphatic heterocycles. The number of nitrogens with two attached hydrogens (primary N) is 1. The molecule has 1 aromatic carbocycles. The Hall–Kier alpha value is -1.68. The predicted molar refractivity (Wildman–Crippen MR) is 126 cm³/mol. The van der Waals surface area contributed by atoms with Gasteiger partial charge >= 0.3 is 0 Å². The van der Waals surface area contributed by atoms with Gasteiger partial charge in [-0.3, -0.25) is 4.79 Å². The van der Waals surface area contributed by atoms with Crippen LogP contribution >= 0.6 is 0 Å². The van der Waals surface area contributed by atoms with Crippen LogP contribution in [-0.2, 0) is 10.2 Å². The highest BCUT2D eigenvalue weighted by atomic mass is 16.2. The van der Waals surface area contributed by atoms with Gasteiger partial charge in [-0.05, 0) is 85.3 Å². The summed E-state index contributed by atoms with van der Waals surface area (Å²) < 4.78 is 0. The molecule has 0 radical (unpaired) electrons. The highest BCUT2D eigenvalue weighted by Gasteiger charge is 2.64. The second-order valence-corrected chi connectivity index (χ2v) is 11.9. The van der Waals surface area contributed by atoms with E-state index in [4.69, 9.17) is 5.73 Å². The number of hydrogen-bond donors (Lipinski definition) is 1. The summed E-state index contributed by atoms with van der Waals surface area (Å²) in [6.07, 6.45) is 9.76. The molecule has 0 spiro atoms. The van der Waals surface area contributed by atoms with Gasteiger partial charge in [0, 0.05) is 26.2 Å². The standard InChI is InChI=1S/C27H39N3O/c1-25(2)18-30(12-10-23(25)28)24(31)27-15-19-13-26(17-27,21-7-5-4-6-8-21)14-20(16-27)22(19)9-11-29-3/h4-8,11,19-20,22-23H,9-10,12-18,28H2,1-3H3/b29-11+/t19?,20?,22?,23-,26?,27?/m0/s1. The van der Waals surface area contributed by atoms with E-state index in [-0.39, 0.29) is 22.3 Å². The van der Waals surface area contributed by atoms with Crippen LogP contribution in [0.15, 0.2) is 35.3 Å². The van der Waals surface area contributed by atoms with Gasteiger partial charge in [-0.1, -0.05) is 44.2 Å². The Kier molecular flexibility index (Phi) is 5.08. The van der Waals surface area contributed by atoms with Crippen LogP contribution in [0.2, 0.25) is 0 Å². The molecule has 4 aliphatic carbocycles. The van der Waals surface area contributed by atoms with Crippen LogP contribution in [0, 0.1) is 28.6 Å². The molecule has 1 aromatic rings. The summed E-state index contributed by atoms with van der Waals surface area (Å²) in [6, 6.07) is 11.3. The quantitative estimate of drug-likeness (QED) is 0.731. The molecule has 5 fully saturated rings. The molecular weight excluding hydrogens is 382 g/mol. The van der Waals surface area contributed by atoms with Crippen LogP contribution in [0.5, 0.6) is 0 Å². The molecule has 0 aromatic heterocycles. The van der Waals surface area contributed by atoms with E-state index >= 15 is 0 Å². The van der Waals surface area contributed by atoms with Crippen molar-refractivity contribution in [2.24, 2.45) is 39.3 Å². The summed E-state index contributed by atoms with van der Waals surface area (Å²) in [5.41, 5.74) is 7.84. The maximum absolute atomic E-state index is 14.2. The van der Waals surface area contributed by atoms with Crippen molar-refractivity contribution in [3.63, 3.8) is 0 Å². The number of aliphatic imine (C=N–C) groups is 1. The smallest absolute Gasteiger partial charge is 0.228 e. The fourth-order valence-electron chi connectivity index (χ4n) is 8.12. The number of nitrogens with zero attached hydrogens (tertiary/aromatic N) is 2. The average Bonchev–Trinajstić information content (AvgIpc) is 2.75. The van der Waals surface area contributed by atoms with Gasteiger partial charge in [0.1, 0.15) is 0 Å². The van der Waals surface area contributed by atoms with Crippen LogP contribution < -0.4 is 5.73 Å². The summed E-state index contributed by atoms with van der Waals surface area (Å²) >= 11 is 0. The predicted octanol–water partition coefficient (Wildman–Crippen LogP) is 4.43. The highest BCUT2D eigenvalue weighted by molar-refractivity contribution is 5.84. The Balaban J connectivity index is 1.49. The van der Waals surface area contributed by atoms with E-state index < -0.39 is 0 Å². The highest BCUT2D eigenvalue weighted by Crippen LogP contribution is 2.68. The molecule has 1 heterocycles. The minimum Gasteiger partial charge on any atom is -0.342 e. The number of amides is 1. The third kappa shape index (κ3) is 3.37. The minimum absolute atomic E-state index is 0.00650. The third-order valence-electron chi connectivity index (χ3n) is 9.50. The Bertz CT molecular complexity index is 844. The molecule has 4 saturated carbocycles. The van der Waals surface area contributed by atoms with Crippen LogP contribution in [-0.4, -0.2) is 43.2 Å². The molecule has 1 saturated heterocycles. The first kappa shape index (κ1) is 21.2. The van der Waals surface area contributed by atoms with Crippen LogP contribution in [0.4, 0.5) is 0 Å². The van der Waals surface area contributed by atoms with Crippen LogP contribution in [0.1, 0.15) is 64.4 Å². The van der Waals surface area contributed by atoms with Crippen molar-refractivity contribution in [3.05, 3.63) is 35.9 Å². The zero-order chi connectivity index (χ0) is 21.9. The molecular formula is C27H39N3O. The summed E-state index contributed by atoms with van der Waals surface area (Å²) in [7, 11) is 1.88. The largest absolute Gasteiger partial charge is 0.342 e. The summed E-state index contributed by atoms with van der Waals surface area (Å²) in [5, 5.41) is 0. The Labute approximate surface area is 187 Å². The van der Waals surface area contributed by atoms with E-state index in [1.807, 2.05) is 7.05 Å². The van der Waals surface area contributed by atoms with E-state index in [2.05, 4.69) is 60.3 Å². The number of carbonyl (C=O) groups is 1. The summed E-state index contributed by atoms with van der Waals surface area (Å²) in [4.78, 5) is 20.7. The molecule has 4 heteroatoms. The Morgan fingerprint density at radius 1 is 1.16 bits per heavy atom. The van der Waals surface area contributed by atoms with Gasteiger partial charge < -0.3 is 15.6 Å². The lowest BCUT2D eigenvalue weighted by molar-refractivity contribution is -0.170. The normalized spacial score (nSPS) is 41.1. The van der Waals surface area contributed by atoms with Crippen molar-refractivity contribution < 1.29 is 4.79 Å². The first-order chi connectivity index (χ1) is 14.8. The van der Waals surface area contributed by atoms with Gasteiger partial charge in [0.25, 0.3) is 0 Å². The van der Waals surface area contributed by atoms with Gasteiger partial charge in [-0.25, -0.2) is 0 Å². The molecule has 4 nitrogen and oxygen atoms in total. The second-order valence-electron chi connectivity index (χ2n) is 11.9. The molecule has 2 unspecified atom stereocenters. The fraction of sp³-hybridized carbons (Fsp3) is 0.704. The Morgan fingerprint density at radius 2 is 1.84 bits per heavy atom. The number of benzene rings is 1. The van der Waals surface area contributed by atoms with Crippen LogP contribution in [0.25, 0.3) is 0 Å². The second kappa shape index (κ2) is 7.43. The third-order valence-corrected chi connectivity index (χ3v) is 9.50. The average molecular weight is 422 g/mol. The van der Waals surface area contributed by atoms with Crippen molar-refractivity contribution in [1.82, 2.24) is 4.90 Å². The Morgan fingerprint density at radius 3 is 2.45 bits per heavy atom. The summed E-state index contributed by atoms with van der Waals surface area (Å²) in [5.74, 6) is 2.38. The zero-order valence-corrected chi connectivity index (χ0v) is 19.5. The molecule has 5 aliphatic rings. The number of hydrogen-bond acceptors (Lipinski definition) is 3. The van der Waals surface area contributed by atoms with Gasteiger partial charge in [0.05, 0.1) is 5.41 Å². The molecule has 168 valence electrons. The van der Waals surface area contributed by atoms with Gasteiger partial charge in [-0.15, -0.1) is 0 Å². The number of likely N-dealkylation sites (tertiary alicyclic amines) is 1. The minimum atomic E-state index is -0.182. The number of carbonyl (C=O) groups excluding carboxylic acids is 1. The lowest BCUT2D eigenvalue weighted by atomic mass is 9.39. The molecule has 6 rings (SSSR count). The lowest BCUT2D eigenvalue weighted by Gasteiger charge is -2.65. The summed E-state index contributed by atoms with van der Waals surface area (Å²) in [6.45, 7) is 6.07. The molecule has 31 heavy (non-hydrogen) atoms. The topological polar surface area (TPSA) is 58.7 Å². The van der Waals surface area contributed by atoms with Crippen molar-refractivity contribution in [1.29, 1.82) is 0 Å². The van der Waals surface area contributed by atoms with Crippen LogP contribution in [0.3, 0.4) is 0 Å². The fourth-order valence-corrected chi connectivity index (χ4v) is 8.12. The van der Waals surface area contributed by atoms with E-state index in [0.717, 1.165) is 45.2 Å². The van der Waals surface area contributed by atoms with E-state index in [1.54, 1.807) is 0 Å². The molecule has 1 amide bonds. The number of rotatable bonds is 4. The van der Waals surface area contributed by atoms with Crippen molar-refractivity contribution in [2.45, 2.75) is 70.3 Å². The van der Waals surface area contributed by atoms with Crippen molar-refractivity contribution in [3.8, 4) is 0 Å². The van der Waals surface area contributed by atoms with Gasteiger partial charge in [0.15, 0.2) is 0 Å². The zero-order valence-electron chi connectivity index (χ0n) is 19.5. The molecule has 4 bridgehead atoms. The monoisotopic (exact) mass is 421 g/mol. The number of piperidine rings is 1. The van der Waals surface area contributed by atoms with Gasteiger partial charge in [-0.2, -0.15) is 0 Å². The van der Waals surface area contributed by atoms with E-state index in [9.17, 15) is 4.79 Å². The first-order valence-electron chi connectivity index (χ1n) is 12.3. The van der Waals surface area contributed by atoms with Gasteiger partial charge in [0.2, 0.25) is 5.91 Å². The SMILES string of the molecule is C/N=C/CC1C2CC3(C(=O)N4CC[C@H](N)C(C)(C)C4)CC1CC(c1ccccc1)(C2)C3. The first-order valence-corrected chi connectivity index (χ1v) is 12.3.